The molecule has 46 heavy (non-hydrogen) atoms. The summed E-state index contributed by atoms with van der Waals surface area (Å²) in [6.07, 6.45) is 1.80. The monoisotopic (exact) mass is 733 g/mol. The van der Waals surface area contributed by atoms with Crippen molar-refractivity contribution in [3.05, 3.63) is 76.1 Å². The number of carboxylic acids is 1. The summed E-state index contributed by atoms with van der Waals surface area (Å²) in [4.78, 5) is 39.7. The molecule has 0 amide bonds. The van der Waals surface area contributed by atoms with Gasteiger partial charge in [-0.05, 0) is 56.2 Å². The third-order valence-electron chi connectivity index (χ3n) is 6.24. The van der Waals surface area contributed by atoms with E-state index in [4.69, 9.17) is 49.1 Å². The first kappa shape index (κ1) is 35.8. The van der Waals surface area contributed by atoms with Crippen LogP contribution >= 0.6 is 57.9 Å². The van der Waals surface area contributed by atoms with Gasteiger partial charge in [-0.1, -0.05) is 55.6 Å². The largest absolute Gasteiger partial charge is 0.489 e. The van der Waals surface area contributed by atoms with Gasteiger partial charge in [-0.3, -0.25) is 14.3 Å². The van der Waals surface area contributed by atoms with Gasteiger partial charge in [-0.15, -0.1) is 16.9 Å². The highest BCUT2D eigenvalue weighted by Gasteiger charge is 2.24. The summed E-state index contributed by atoms with van der Waals surface area (Å²) in [5.41, 5.74) is 0.0154. The maximum Gasteiger partial charge on any atom is 0.442 e. The fourth-order valence-corrected chi connectivity index (χ4v) is 6.52. The summed E-state index contributed by atoms with van der Waals surface area (Å²) in [5.74, 6) is -1.64. The van der Waals surface area contributed by atoms with E-state index >= 15 is 0 Å². The number of nitrogens with zero attached hydrogens (tertiary/aromatic N) is 5. The minimum atomic E-state index is -0.992. The Hall–Kier alpha value is -3.04. The molecule has 5 rings (SSSR count). The Labute approximate surface area is 286 Å². The first-order chi connectivity index (χ1) is 21.5. The number of benzene rings is 2. The second-order valence-corrected chi connectivity index (χ2v) is 14.5. The zero-order chi connectivity index (χ0) is 33.9. The molecule has 1 aliphatic heterocycles. The Morgan fingerprint density at radius 2 is 1.78 bits per heavy atom. The number of aromatic nitrogens is 4. The number of halogens is 4. The van der Waals surface area contributed by atoms with Crippen molar-refractivity contribution >= 4 is 69.6 Å². The summed E-state index contributed by atoms with van der Waals surface area (Å²) in [5, 5.41) is 13.8. The number of carbonyl (C=O) groups is 1. The molecule has 0 spiro atoms. The first-order valence-electron chi connectivity index (χ1n) is 14.0. The van der Waals surface area contributed by atoms with Gasteiger partial charge in [0.2, 0.25) is 10.7 Å². The molecule has 0 bridgehead atoms. The van der Waals surface area contributed by atoms with Crippen LogP contribution in [0.5, 0.6) is 5.75 Å². The zero-order valence-electron chi connectivity index (χ0n) is 25.5. The third-order valence-corrected chi connectivity index (χ3v) is 9.17. The topological polar surface area (TPSA) is 134 Å². The second kappa shape index (κ2) is 14.8. The molecule has 0 saturated heterocycles. The van der Waals surface area contributed by atoms with Crippen molar-refractivity contribution < 1.29 is 23.4 Å². The first-order valence-corrected chi connectivity index (χ1v) is 16.9. The van der Waals surface area contributed by atoms with Gasteiger partial charge in [0.15, 0.2) is 0 Å². The number of rotatable bonds is 7. The van der Waals surface area contributed by atoms with Crippen molar-refractivity contribution in [2.45, 2.75) is 77.0 Å². The highest BCUT2D eigenvalue weighted by atomic mass is 35.5. The Bertz CT molecular complexity index is 1940. The maximum atomic E-state index is 14.2. The Kier molecular flexibility index (Phi) is 11.5. The maximum absolute atomic E-state index is 14.2. The summed E-state index contributed by atoms with van der Waals surface area (Å²) < 4.78 is 29.5. The molecule has 248 valence electrons. The van der Waals surface area contributed by atoms with E-state index in [1.165, 1.54) is 12.1 Å². The van der Waals surface area contributed by atoms with E-state index in [2.05, 4.69) is 10.1 Å². The van der Waals surface area contributed by atoms with E-state index in [1.807, 2.05) is 34.6 Å². The molecule has 1 N–H and O–H groups in total. The lowest BCUT2D eigenvalue weighted by Gasteiger charge is -2.15. The second-order valence-electron chi connectivity index (χ2n) is 11.4. The summed E-state index contributed by atoms with van der Waals surface area (Å²) in [7, 11) is 0. The van der Waals surface area contributed by atoms with E-state index in [0.717, 1.165) is 46.7 Å². The summed E-state index contributed by atoms with van der Waals surface area (Å²) >= 11 is 20.2. The Morgan fingerprint density at radius 3 is 2.39 bits per heavy atom. The van der Waals surface area contributed by atoms with Crippen LogP contribution in [0.3, 0.4) is 0 Å². The molecule has 0 unspecified atom stereocenters. The average Bonchev–Trinajstić information content (AvgIpc) is 3.51. The molecular formula is C29H31Cl3FN5O6S2. The van der Waals surface area contributed by atoms with Crippen molar-refractivity contribution in [3.8, 4) is 11.4 Å². The van der Waals surface area contributed by atoms with Gasteiger partial charge in [0, 0.05) is 29.5 Å². The smallest absolute Gasteiger partial charge is 0.442 e. The van der Waals surface area contributed by atoms with E-state index in [9.17, 15) is 18.8 Å². The SMILES string of the molecule is CC(C)Oc1cc(-n2nc(C(C)(C)C)oc2=O)c(Cl)cc1Cl.O=C(O)CSc1cc(N=c2sc(=O)n3n2CCCC3)c(F)cc1Cl. The molecule has 0 saturated carbocycles. The molecule has 0 aliphatic carbocycles. The fourth-order valence-electron chi connectivity index (χ4n) is 4.13. The van der Waals surface area contributed by atoms with Crippen LogP contribution in [0.2, 0.25) is 15.1 Å². The summed E-state index contributed by atoms with van der Waals surface area (Å²) in [6.45, 7) is 10.8. The Balaban J connectivity index is 0.000000210. The number of thioether (sulfide) groups is 1. The summed E-state index contributed by atoms with van der Waals surface area (Å²) in [6, 6.07) is 5.63. The predicted octanol–water partition coefficient (Wildman–Crippen LogP) is 6.92. The molecule has 2 aromatic carbocycles. The van der Waals surface area contributed by atoms with Crippen LogP contribution in [0.25, 0.3) is 5.69 Å². The van der Waals surface area contributed by atoms with Crippen molar-refractivity contribution in [2.24, 2.45) is 4.99 Å². The van der Waals surface area contributed by atoms with Gasteiger partial charge >= 0.3 is 16.6 Å². The molecule has 2 aromatic heterocycles. The van der Waals surface area contributed by atoms with Crippen molar-refractivity contribution in [2.75, 3.05) is 5.75 Å². The van der Waals surface area contributed by atoms with Crippen LogP contribution < -0.4 is 20.2 Å². The minimum Gasteiger partial charge on any atom is -0.489 e. The molecule has 3 heterocycles. The van der Waals surface area contributed by atoms with Crippen molar-refractivity contribution in [1.29, 1.82) is 0 Å². The van der Waals surface area contributed by atoms with Gasteiger partial charge in [0.1, 0.15) is 17.3 Å². The number of fused-ring (bicyclic) bond motifs is 1. The molecule has 17 heteroatoms. The standard InChI is InChI=1S/C15H18Cl2N2O3.C14H13ClFN3O3S2/c1-8(2)21-12-7-11(9(16)6-10(12)17)19-14(20)22-13(18-19)15(3,4)5;15-8-5-9(16)10(6-11(8)23-7-12(20)21)17-13-18-3-1-2-4-19(18)14(22)24-13/h6-8H,1-5H3;5-6H,1-4,7H2,(H,20,21). The van der Waals surface area contributed by atoms with Gasteiger partial charge in [0.05, 0.1) is 32.6 Å². The average molecular weight is 735 g/mol. The molecule has 1 aliphatic rings. The van der Waals surface area contributed by atoms with E-state index in [-0.39, 0.29) is 37.9 Å². The van der Waals surface area contributed by atoms with Crippen LogP contribution in [0.15, 0.2) is 48.2 Å². The van der Waals surface area contributed by atoms with Gasteiger partial charge < -0.3 is 14.3 Å². The van der Waals surface area contributed by atoms with Crippen molar-refractivity contribution in [1.82, 2.24) is 19.1 Å². The lowest BCUT2D eigenvalue weighted by atomic mass is 9.97. The molecule has 0 radical (unpaired) electrons. The number of hydrogen-bond acceptors (Lipinski definition) is 9. The minimum absolute atomic E-state index is 0.0370. The highest BCUT2D eigenvalue weighted by Crippen LogP contribution is 2.34. The predicted molar refractivity (Wildman–Crippen MR) is 177 cm³/mol. The van der Waals surface area contributed by atoms with E-state index < -0.39 is 17.5 Å². The zero-order valence-corrected chi connectivity index (χ0v) is 29.4. The fraction of sp³-hybridized carbons (Fsp3) is 0.414. The third kappa shape index (κ3) is 8.65. The van der Waals surface area contributed by atoms with Crippen LogP contribution in [-0.2, 0) is 23.3 Å². The lowest BCUT2D eigenvalue weighted by molar-refractivity contribution is -0.133. The van der Waals surface area contributed by atoms with E-state index in [1.54, 1.807) is 15.4 Å². The molecule has 4 aromatic rings. The van der Waals surface area contributed by atoms with Gasteiger partial charge in [0.25, 0.3) is 0 Å². The number of carboxylic acid groups (broad SMARTS) is 1. The van der Waals surface area contributed by atoms with Crippen LogP contribution in [0.4, 0.5) is 10.1 Å². The van der Waals surface area contributed by atoms with Crippen LogP contribution in [-0.4, -0.2) is 42.1 Å². The highest BCUT2D eigenvalue weighted by molar-refractivity contribution is 8.00. The molecule has 0 fully saturated rings. The van der Waals surface area contributed by atoms with Crippen molar-refractivity contribution in [3.63, 3.8) is 0 Å². The molecule has 11 nitrogen and oxygen atoms in total. The number of ether oxygens (including phenoxy) is 1. The normalized spacial score (nSPS) is 13.4. The molecule has 0 atom stereocenters. The van der Waals surface area contributed by atoms with E-state index in [0.29, 0.717) is 45.1 Å². The van der Waals surface area contributed by atoms with Crippen LogP contribution in [0.1, 0.15) is 53.4 Å². The quantitative estimate of drug-likeness (QED) is 0.202. The molecular weight excluding hydrogens is 704 g/mol. The lowest BCUT2D eigenvalue weighted by Crippen LogP contribution is -2.31. The number of hydrogen-bond donors (Lipinski definition) is 1. The Morgan fingerprint density at radius 1 is 1.11 bits per heavy atom. The van der Waals surface area contributed by atoms with Crippen LogP contribution in [0, 0.1) is 5.82 Å². The number of aliphatic carboxylic acids is 1. The van der Waals surface area contributed by atoms with Gasteiger partial charge in [-0.25, -0.2) is 18.9 Å². The van der Waals surface area contributed by atoms with Gasteiger partial charge in [-0.2, -0.15) is 4.68 Å².